The van der Waals surface area contributed by atoms with E-state index >= 15 is 0 Å². The first-order valence-electron chi connectivity index (χ1n) is 2.92. The highest BCUT2D eigenvalue weighted by atomic mass is 32.1. The van der Waals surface area contributed by atoms with Gasteiger partial charge in [0.25, 0.3) is 0 Å². The summed E-state index contributed by atoms with van der Waals surface area (Å²) >= 11 is 4.75. The summed E-state index contributed by atoms with van der Waals surface area (Å²) in [5, 5.41) is 15.3. The van der Waals surface area contributed by atoms with Crippen molar-refractivity contribution in [1.29, 1.82) is 0 Å². The third kappa shape index (κ3) is 1.53. The van der Waals surface area contributed by atoms with Gasteiger partial charge in [0.05, 0.1) is 0 Å². The zero-order chi connectivity index (χ0) is 6.85. The van der Waals surface area contributed by atoms with Crippen molar-refractivity contribution in [2.24, 2.45) is 5.92 Å². The fourth-order valence-corrected chi connectivity index (χ4v) is 0.897. The lowest BCUT2D eigenvalue weighted by molar-refractivity contribution is 0.0941. The van der Waals surface area contributed by atoms with E-state index in [0.717, 1.165) is 6.54 Å². The van der Waals surface area contributed by atoms with E-state index in [1.54, 1.807) is 0 Å². The topological polar surface area (TPSA) is 44.3 Å². The minimum atomic E-state index is -0.473. The maximum atomic E-state index is 9.11. The molecule has 3 N–H and O–H groups in total. The van der Waals surface area contributed by atoms with E-state index in [1.165, 1.54) is 0 Å². The van der Waals surface area contributed by atoms with Gasteiger partial charge >= 0.3 is 0 Å². The highest BCUT2D eigenvalue weighted by molar-refractivity contribution is 7.80. The molecule has 9 heavy (non-hydrogen) atoms. The van der Waals surface area contributed by atoms with Gasteiger partial charge in [0, 0.05) is 12.5 Å². The van der Waals surface area contributed by atoms with E-state index in [-0.39, 0.29) is 5.92 Å². The molecule has 4 heteroatoms. The first-order valence-corrected chi connectivity index (χ1v) is 3.33. The maximum absolute atomic E-state index is 9.11. The normalized spacial score (nSPS) is 35.1. The predicted molar refractivity (Wildman–Crippen MR) is 38.9 cm³/mol. The van der Waals surface area contributed by atoms with Gasteiger partial charge in [-0.1, -0.05) is 6.92 Å². The summed E-state index contributed by atoms with van der Waals surface area (Å²) in [7, 11) is 0. The molecule has 1 heterocycles. The summed E-state index contributed by atoms with van der Waals surface area (Å²) in [5.74, 6) is 0.233. The van der Waals surface area contributed by atoms with E-state index in [0.29, 0.717) is 5.11 Å². The van der Waals surface area contributed by atoms with Gasteiger partial charge in [-0.15, -0.1) is 0 Å². The van der Waals surface area contributed by atoms with Crippen molar-refractivity contribution in [1.82, 2.24) is 10.6 Å². The Morgan fingerprint density at radius 3 is 2.89 bits per heavy atom. The van der Waals surface area contributed by atoms with E-state index in [2.05, 4.69) is 10.6 Å². The standard InChI is InChI=1S/C5H10N2OS/c1-3-2-6-5(9)7-4(3)8/h3-4,8H,2H2,1H3,(H2,6,7,9)/t3-,4+/m1/s1. The van der Waals surface area contributed by atoms with E-state index in [1.807, 2.05) is 6.92 Å². The average molecular weight is 146 g/mol. The lowest BCUT2D eigenvalue weighted by Crippen LogP contribution is -2.53. The number of hydrogen-bond donors (Lipinski definition) is 3. The minimum Gasteiger partial charge on any atom is -0.373 e. The molecule has 3 nitrogen and oxygen atoms in total. The largest absolute Gasteiger partial charge is 0.373 e. The highest BCUT2D eigenvalue weighted by Gasteiger charge is 2.19. The Morgan fingerprint density at radius 2 is 2.44 bits per heavy atom. The van der Waals surface area contributed by atoms with Crippen molar-refractivity contribution in [2.45, 2.75) is 13.2 Å². The molecule has 0 spiro atoms. The van der Waals surface area contributed by atoms with Crippen LogP contribution in [0.5, 0.6) is 0 Å². The lowest BCUT2D eigenvalue weighted by atomic mass is 10.1. The Hall–Kier alpha value is -0.350. The summed E-state index contributed by atoms with van der Waals surface area (Å²) in [4.78, 5) is 0. The fourth-order valence-electron chi connectivity index (χ4n) is 0.693. The quantitative estimate of drug-likeness (QED) is 0.400. The molecule has 0 aromatic heterocycles. The highest BCUT2D eigenvalue weighted by Crippen LogP contribution is 2.01. The van der Waals surface area contributed by atoms with Crippen LogP contribution in [0.1, 0.15) is 6.92 Å². The average Bonchev–Trinajstić information content (AvgIpc) is 1.80. The van der Waals surface area contributed by atoms with Crippen LogP contribution in [0.4, 0.5) is 0 Å². The van der Waals surface area contributed by atoms with E-state index < -0.39 is 6.23 Å². The van der Waals surface area contributed by atoms with Gasteiger partial charge in [-0.25, -0.2) is 0 Å². The minimum absolute atomic E-state index is 0.233. The number of hydrogen-bond acceptors (Lipinski definition) is 2. The van der Waals surface area contributed by atoms with Crippen molar-refractivity contribution >= 4 is 17.3 Å². The smallest absolute Gasteiger partial charge is 0.168 e. The molecular weight excluding hydrogens is 136 g/mol. The van der Waals surface area contributed by atoms with Crippen LogP contribution >= 0.6 is 12.2 Å². The van der Waals surface area contributed by atoms with Crippen molar-refractivity contribution in [2.75, 3.05) is 6.54 Å². The summed E-state index contributed by atoms with van der Waals surface area (Å²) < 4.78 is 0. The Balaban J connectivity index is 2.44. The van der Waals surface area contributed by atoms with Crippen molar-refractivity contribution in [3.63, 3.8) is 0 Å². The Labute approximate surface area is 59.4 Å². The molecule has 0 bridgehead atoms. The molecule has 0 radical (unpaired) electrons. The molecule has 0 aromatic rings. The van der Waals surface area contributed by atoms with Gasteiger partial charge in [0.1, 0.15) is 6.23 Å². The number of thiocarbonyl (C=S) groups is 1. The summed E-state index contributed by atoms with van der Waals surface area (Å²) in [6, 6.07) is 0. The second kappa shape index (κ2) is 2.49. The maximum Gasteiger partial charge on any atom is 0.168 e. The second-order valence-electron chi connectivity index (χ2n) is 2.28. The van der Waals surface area contributed by atoms with Crippen LogP contribution in [-0.4, -0.2) is 23.0 Å². The van der Waals surface area contributed by atoms with Crippen LogP contribution in [0.25, 0.3) is 0 Å². The summed E-state index contributed by atoms with van der Waals surface area (Å²) in [5.41, 5.74) is 0. The lowest BCUT2D eigenvalue weighted by Gasteiger charge is -2.27. The molecule has 2 atom stereocenters. The Bertz CT molecular complexity index is 128. The van der Waals surface area contributed by atoms with Crippen LogP contribution in [0, 0.1) is 5.92 Å². The number of aliphatic hydroxyl groups excluding tert-OH is 1. The molecule has 1 aliphatic heterocycles. The first kappa shape index (κ1) is 6.77. The summed E-state index contributed by atoms with van der Waals surface area (Å²) in [6.07, 6.45) is -0.473. The third-order valence-electron chi connectivity index (χ3n) is 1.40. The van der Waals surface area contributed by atoms with Crippen molar-refractivity contribution < 1.29 is 5.11 Å². The molecule has 0 saturated carbocycles. The number of aliphatic hydroxyl groups is 1. The predicted octanol–water partition coefficient (Wildman–Crippen LogP) is -0.581. The van der Waals surface area contributed by atoms with E-state index in [9.17, 15) is 0 Å². The van der Waals surface area contributed by atoms with Crippen molar-refractivity contribution in [3.05, 3.63) is 0 Å². The van der Waals surface area contributed by atoms with Crippen LogP contribution in [0.15, 0.2) is 0 Å². The second-order valence-corrected chi connectivity index (χ2v) is 2.68. The monoisotopic (exact) mass is 146 g/mol. The van der Waals surface area contributed by atoms with Gasteiger partial charge in [-0.2, -0.15) is 0 Å². The third-order valence-corrected chi connectivity index (χ3v) is 1.66. The molecular formula is C5H10N2OS. The molecule has 0 amide bonds. The van der Waals surface area contributed by atoms with Crippen molar-refractivity contribution in [3.8, 4) is 0 Å². The van der Waals surface area contributed by atoms with Crippen LogP contribution in [-0.2, 0) is 0 Å². The first-order chi connectivity index (χ1) is 4.20. The molecule has 1 aliphatic rings. The van der Waals surface area contributed by atoms with Gasteiger partial charge in [0.15, 0.2) is 5.11 Å². The van der Waals surface area contributed by atoms with Crippen LogP contribution < -0.4 is 10.6 Å². The van der Waals surface area contributed by atoms with Gasteiger partial charge in [-0.05, 0) is 12.2 Å². The van der Waals surface area contributed by atoms with E-state index in [4.69, 9.17) is 17.3 Å². The number of rotatable bonds is 0. The van der Waals surface area contributed by atoms with Crippen LogP contribution in [0.3, 0.4) is 0 Å². The zero-order valence-corrected chi connectivity index (χ0v) is 6.03. The molecule has 1 rings (SSSR count). The molecule has 0 unspecified atom stereocenters. The van der Waals surface area contributed by atoms with Gasteiger partial charge in [0.2, 0.25) is 0 Å². The zero-order valence-electron chi connectivity index (χ0n) is 5.22. The number of nitrogens with one attached hydrogen (secondary N) is 2. The molecule has 52 valence electrons. The molecule has 1 saturated heterocycles. The Morgan fingerprint density at radius 1 is 1.78 bits per heavy atom. The SMILES string of the molecule is C[C@@H]1CNC(=S)N[C@H]1O. The van der Waals surface area contributed by atoms with Crippen LogP contribution in [0.2, 0.25) is 0 Å². The summed E-state index contributed by atoms with van der Waals surface area (Å²) in [6.45, 7) is 2.71. The molecule has 0 aromatic carbocycles. The van der Waals surface area contributed by atoms with Gasteiger partial charge in [-0.3, -0.25) is 0 Å². The molecule has 0 aliphatic carbocycles. The molecule has 1 fully saturated rings. The Kier molecular flexibility index (Phi) is 1.87. The van der Waals surface area contributed by atoms with Gasteiger partial charge < -0.3 is 15.7 Å². The fraction of sp³-hybridized carbons (Fsp3) is 0.800.